The smallest absolute Gasteiger partial charge is 0.254 e. The molecule has 1 saturated heterocycles. The number of unbranched alkanes of at least 4 members (excludes halogenated alkanes) is 1. The van der Waals surface area contributed by atoms with E-state index in [0.717, 1.165) is 38.0 Å². The maximum absolute atomic E-state index is 12.5. The van der Waals surface area contributed by atoms with Crippen molar-refractivity contribution in [2.45, 2.75) is 38.6 Å². The Bertz CT molecular complexity index is 502. The van der Waals surface area contributed by atoms with Crippen molar-refractivity contribution in [1.29, 1.82) is 0 Å². The standard InChI is InChI=1S/C16H22N2O2S/c1-2-3-11-20-13-8-6-12(7-9-13)16(19)18-10-4-5-14(18)15(17)21/h6-9,14H,2-5,10-11H2,1H3,(H2,17,21). The zero-order chi connectivity index (χ0) is 15.2. The van der Waals surface area contributed by atoms with E-state index in [-0.39, 0.29) is 11.9 Å². The van der Waals surface area contributed by atoms with Crippen LogP contribution in [0, 0.1) is 0 Å². The topological polar surface area (TPSA) is 55.6 Å². The van der Waals surface area contributed by atoms with E-state index in [1.54, 1.807) is 17.0 Å². The van der Waals surface area contributed by atoms with Crippen molar-refractivity contribution in [1.82, 2.24) is 4.90 Å². The molecule has 1 amide bonds. The van der Waals surface area contributed by atoms with Crippen LogP contribution in [0.15, 0.2) is 24.3 Å². The quantitative estimate of drug-likeness (QED) is 0.648. The SMILES string of the molecule is CCCCOc1ccc(C(=O)N2CCCC2C(N)=S)cc1. The van der Waals surface area contributed by atoms with Crippen LogP contribution in [0.3, 0.4) is 0 Å². The Morgan fingerprint density at radius 3 is 2.76 bits per heavy atom. The number of likely N-dealkylation sites (tertiary alicyclic amines) is 1. The number of thiocarbonyl (C=S) groups is 1. The summed E-state index contributed by atoms with van der Waals surface area (Å²) in [6.45, 7) is 3.55. The summed E-state index contributed by atoms with van der Waals surface area (Å²) in [5.74, 6) is 0.790. The Kier molecular flexibility index (Phi) is 5.56. The molecule has 2 rings (SSSR count). The van der Waals surface area contributed by atoms with Gasteiger partial charge in [0.15, 0.2) is 0 Å². The lowest BCUT2D eigenvalue weighted by atomic mass is 10.1. The van der Waals surface area contributed by atoms with Crippen LogP contribution in [-0.4, -0.2) is 35.0 Å². The van der Waals surface area contributed by atoms with Gasteiger partial charge < -0.3 is 15.4 Å². The number of carbonyl (C=O) groups is 1. The van der Waals surface area contributed by atoms with Crippen LogP contribution in [0.2, 0.25) is 0 Å². The van der Waals surface area contributed by atoms with Gasteiger partial charge in [-0.15, -0.1) is 0 Å². The maximum Gasteiger partial charge on any atom is 0.254 e. The highest BCUT2D eigenvalue weighted by molar-refractivity contribution is 7.80. The van der Waals surface area contributed by atoms with Crippen molar-refractivity contribution in [3.8, 4) is 5.75 Å². The van der Waals surface area contributed by atoms with Gasteiger partial charge in [0.05, 0.1) is 17.6 Å². The molecule has 1 aliphatic heterocycles. The van der Waals surface area contributed by atoms with Gasteiger partial charge in [-0.2, -0.15) is 0 Å². The first-order valence-corrected chi connectivity index (χ1v) is 7.87. The third-order valence-electron chi connectivity index (χ3n) is 3.71. The van der Waals surface area contributed by atoms with Crippen LogP contribution < -0.4 is 10.5 Å². The molecule has 1 heterocycles. The van der Waals surface area contributed by atoms with Crippen molar-refractivity contribution in [2.24, 2.45) is 5.73 Å². The largest absolute Gasteiger partial charge is 0.494 e. The van der Waals surface area contributed by atoms with Crippen molar-refractivity contribution in [3.05, 3.63) is 29.8 Å². The van der Waals surface area contributed by atoms with Gasteiger partial charge in [-0.1, -0.05) is 25.6 Å². The van der Waals surface area contributed by atoms with E-state index >= 15 is 0 Å². The fourth-order valence-corrected chi connectivity index (χ4v) is 2.74. The Morgan fingerprint density at radius 2 is 2.14 bits per heavy atom. The van der Waals surface area contributed by atoms with E-state index in [1.807, 2.05) is 12.1 Å². The molecule has 1 aliphatic rings. The summed E-state index contributed by atoms with van der Waals surface area (Å²) in [4.78, 5) is 14.7. The van der Waals surface area contributed by atoms with Gasteiger partial charge >= 0.3 is 0 Å². The predicted molar refractivity (Wildman–Crippen MR) is 87.7 cm³/mol. The normalized spacial score (nSPS) is 17.8. The molecular formula is C16H22N2O2S. The Hall–Kier alpha value is -1.62. The molecule has 0 bridgehead atoms. The number of nitrogens with zero attached hydrogens (tertiary/aromatic N) is 1. The van der Waals surface area contributed by atoms with E-state index in [0.29, 0.717) is 17.2 Å². The average Bonchev–Trinajstić information content (AvgIpc) is 2.97. The van der Waals surface area contributed by atoms with Crippen LogP contribution >= 0.6 is 12.2 Å². The third-order valence-corrected chi connectivity index (χ3v) is 3.98. The lowest BCUT2D eigenvalue weighted by Crippen LogP contribution is -2.42. The lowest BCUT2D eigenvalue weighted by molar-refractivity contribution is 0.0770. The molecule has 1 atom stereocenters. The van der Waals surface area contributed by atoms with Crippen molar-refractivity contribution in [3.63, 3.8) is 0 Å². The molecular weight excluding hydrogens is 284 g/mol. The molecule has 1 unspecified atom stereocenters. The van der Waals surface area contributed by atoms with Gasteiger partial charge in [0.2, 0.25) is 0 Å². The summed E-state index contributed by atoms with van der Waals surface area (Å²) in [5.41, 5.74) is 6.37. The van der Waals surface area contributed by atoms with Crippen LogP contribution in [-0.2, 0) is 0 Å². The second-order valence-corrected chi connectivity index (χ2v) is 5.76. The monoisotopic (exact) mass is 306 g/mol. The summed E-state index contributed by atoms with van der Waals surface area (Å²) in [6, 6.07) is 7.19. The van der Waals surface area contributed by atoms with E-state index in [1.165, 1.54) is 0 Å². The predicted octanol–water partition coefficient (Wildman–Crippen LogP) is 2.76. The Balaban J connectivity index is 2.01. The minimum Gasteiger partial charge on any atom is -0.494 e. The van der Waals surface area contributed by atoms with Gasteiger partial charge in [0.25, 0.3) is 5.91 Å². The van der Waals surface area contributed by atoms with Crippen molar-refractivity contribution in [2.75, 3.05) is 13.2 Å². The summed E-state index contributed by atoms with van der Waals surface area (Å²) < 4.78 is 5.60. The summed E-state index contributed by atoms with van der Waals surface area (Å²) in [5, 5.41) is 0. The number of hydrogen-bond acceptors (Lipinski definition) is 3. The number of benzene rings is 1. The molecule has 1 fully saturated rings. The number of rotatable bonds is 6. The minimum atomic E-state index is -0.104. The molecule has 1 aromatic carbocycles. The van der Waals surface area contributed by atoms with Gasteiger partial charge in [0.1, 0.15) is 5.75 Å². The molecule has 114 valence electrons. The van der Waals surface area contributed by atoms with Gasteiger partial charge in [-0.3, -0.25) is 4.79 Å². The summed E-state index contributed by atoms with van der Waals surface area (Å²) >= 11 is 5.05. The van der Waals surface area contributed by atoms with Crippen molar-refractivity contribution < 1.29 is 9.53 Å². The zero-order valence-corrected chi connectivity index (χ0v) is 13.2. The summed E-state index contributed by atoms with van der Waals surface area (Å²) in [7, 11) is 0. The van der Waals surface area contributed by atoms with Crippen LogP contribution in [0.1, 0.15) is 43.0 Å². The molecule has 2 N–H and O–H groups in total. The van der Waals surface area contributed by atoms with Crippen molar-refractivity contribution >= 4 is 23.1 Å². The number of amides is 1. The first-order valence-electron chi connectivity index (χ1n) is 7.46. The lowest BCUT2D eigenvalue weighted by Gasteiger charge is -2.23. The van der Waals surface area contributed by atoms with Gasteiger partial charge in [-0.25, -0.2) is 0 Å². The third kappa shape index (κ3) is 3.94. The molecule has 0 aromatic heterocycles. The first kappa shape index (κ1) is 15.8. The molecule has 0 saturated carbocycles. The van der Waals surface area contributed by atoms with E-state index in [2.05, 4.69) is 6.92 Å². The second kappa shape index (κ2) is 7.41. The molecule has 1 aromatic rings. The fourth-order valence-electron chi connectivity index (χ4n) is 2.50. The highest BCUT2D eigenvalue weighted by Crippen LogP contribution is 2.21. The number of carbonyl (C=O) groups excluding carboxylic acids is 1. The number of nitrogens with two attached hydrogens (primary N) is 1. The molecule has 0 aliphatic carbocycles. The van der Waals surface area contributed by atoms with Crippen LogP contribution in [0.5, 0.6) is 5.75 Å². The molecule has 5 heteroatoms. The zero-order valence-electron chi connectivity index (χ0n) is 12.4. The molecule has 0 radical (unpaired) electrons. The molecule has 21 heavy (non-hydrogen) atoms. The van der Waals surface area contributed by atoms with Gasteiger partial charge in [0, 0.05) is 12.1 Å². The highest BCUT2D eigenvalue weighted by Gasteiger charge is 2.31. The second-order valence-electron chi connectivity index (χ2n) is 5.29. The number of hydrogen-bond donors (Lipinski definition) is 1. The first-order chi connectivity index (χ1) is 10.1. The van der Waals surface area contributed by atoms with Crippen LogP contribution in [0.4, 0.5) is 0 Å². The maximum atomic E-state index is 12.5. The summed E-state index contributed by atoms with van der Waals surface area (Å²) in [6.07, 6.45) is 3.95. The van der Waals surface area contributed by atoms with E-state index < -0.39 is 0 Å². The minimum absolute atomic E-state index is 0.00888. The van der Waals surface area contributed by atoms with E-state index in [9.17, 15) is 4.79 Å². The number of ether oxygens (including phenoxy) is 1. The van der Waals surface area contributed by atoms with Gasteiger partial charge in [-0.05, 0) is 43.5 Å². The van der Waals surface area contributed by atoms with E-state index in [4.69, 9.17) is 22.7 Å². The highest BCUT2D eigenvalue weighted by atomic mass is 32.1. The molecule has 0 spiro atoms. The Morgan fingerprint density at radius 1 is 1.43 bits per heavy atom. The van der Waals surface area contributed by atoms with Crippen LogP contribution in [0.25, 0.3) is 0 Å². The Labute approximate surface area is 131 Å². The fraction of sp³-hybridized carbons (Fsp3) is 0.500. The molecule has 4 nitrogen and oxygen atoms in total. The average molecular weight is 306 g/mol.